The molecule has 4 aliphatic carbocycles. The third kappa shape index (κ3) is 3.18. The fraction of sp³-hybridized carbons (Fsp3) is 0.485. The van der Waals surface area contributed by atoms with Gasteiger partial charge in [-0.15, -0.1) is 0 Å². The van der Waals surface area contributed by atoms with Crippen molar-refractivity contribution in [3.8, 4) is 17.9 Å². The molecule has 5 heteroatoms. The first-order chi connectivity index (χ1) is 18.5. The third-order valence-electron chi connectivity index (χ3n) is 10.3. The maximum absolute atomic E-state index is 15.1. The van der Waals surface area contributed by atoms with Crippen LogP contribution in [0.3, 0.4) is 0 Å². The lowest BCUT2D eigenvalue weighted by Crippen LogP contribution is -2.56. The predicted octanol–water partition coefficient (Wildman–Crippen LogP) is 6.27. The quantitative estimate of drug-likeness (QED) is 0.480. The zero-order chi connectivity index (χ0) is 26.1. The van der Waals surface area contributed by atoms with Gasteiger partial charge in [-0.05, 0) is 92.5 Å². The molecule has 2 aliphatic heterocycles. The number of para-hydroxylation sites is 1. The Balaban J connectivity index is 1.41. The first kappa shape index (κ1) is 23.5. The molecule has 2 aromatic carbocycles. The second-order valence-electron chi connectivity index (χ2n) is 12.3. The average Bonchev–Trinajstić information content (AvgIpc) is 3.23. The van der Waals surface area contributed by atoms with E-state index in [-0.39, 0.29) is 11.2 Å². The standard InChI is InChI=1S/C33H33N3O2/c1-2-38-26-10-7-25(8-11-26)29-30(31(37)32-16-21-13-22(17-32)15-23(14-21)18-32)36-27-6-4-3-5-24(27)9-12-28(36)33(29,19-34)20-35/h3-12,21-23,28-30H,2,13-18H2,1H3/t21?,22?,23?,28-,29+,30-,32?/m1/s1. The fourth-order valence-electron chi connectivity index (χ4n) is 9.27. The Morgan fingerprint density at radius 2 is 1.61 bits per heavy atom. The van der Waals surface area contributed by atoms with Crippen LogP contribution in [0.2, 0.25) is 0 Å². The Bertz CT molecular complexity index is 1350. The summed E-state index contributed by atoms with van der Waals surface area (Å²) < 4.78 is 5.69. The molecule has 2 heterocycles. The van der Waals surface area contributed by atoms with Gasteiger partial charge < -0.3 is 9.64 Å². The summed E-state index contributed by atoms with van der Waals surface area (Å²) in [6, 6.07) is 19.7. The topological polar surface area (TPSA) is 77.1 Å². The number of carbonyl (C=O) groups is 1. The summed E-state index contributed by atoms with van der Waals surface area (Å²) in [5.74, 6) is 2.36. The molecule has 192 valence electrons. The smallest absolute Gasteiger partial charge is 0.176 e. The summed E-state index contributed by atoms with van der Waals surface area (Å²) in [6.07, 6.45) is 10.7. The lowest BCUT2D eigenvalue weighted by Gasteiger charge is -2.57. The highest BCUT2D eigenvalue weighted by atomic mass is 16.5. The maximum Gasteiger partial charge on any atom is 0.176 e. The van der Waals surface area contributed by atoms with Crippen LogP contribution in [-0.4, -0.2) is 24.5 Å². The monoisotopic (exact) mass is 503 g/mol. The van der Waals surface area contributed by atoms with Gasteiger partial charge in [0.1, 0.15) is 5.75 Å². The average molecular weight is 504 g/mol. The van der Waals surface area contributed by atoms with E-state index in [1.54, 1.807) is 0 Å². The van der Waals surface area contributed by atoms with Crippen molar-refractivity contribution in [1.82, 2.24) is 0 Å². The largest absolute Gasteiger partial charge is 0.494 e. The second kappa shape index (κ2) is 8.47. The minimum absolute atomic E-state index is 0.262. The highest BCUT2D eigenvalue weighted by Crippen LogP contribution is 2.63. The molecular formula is C33H33N3O2. The lowest BCUT2D eigenvalue weighted by atomic mass is 9.47. The van der Waals surface area contributed by atoms with Crippen molar-refractivity contribution in [3.05, 3.63) is 65.7 Å². The molecule has 5 nitrogen and oxygen atoms in total. The Morgan fingerprint density at radius 1 is 0.974 bits per heavy atom. The zero-order valence-electron chi connectivity index (χ0n) is 21.8. The predicted molar refractivity (Wildman–Crippen MR) is 145 cm³/mol. The minimum atomic E-state index is -1.39. The molecule has 0 aromatic heterocycles. The van der Waals surface area contributed by atoms with Crippen molar-refractivity contribution < 1.29 is 9.53 Å². The van der Waals surface area contributed by atoms with E-state index in [1.165, 1.54) is 19.3 Å². The molecule has 4 bridgehead atoms. The molecule has 3 atom stereocenters. The molecule has 2 aromatic rings. The van der Waals surface area contributed by atoms with Crippen LogP contribution >= 0.6 is 0 Å². The van der Waals surface area contributed by atoms with Crippen LogP contribution in [0, 0.1) is 51.2 Å². The van der Waals surface area contributed by atoms with E-state index in [0.29, 0.717) is 24.4 Å². The number of benzene rings is 2. The van der Waals surface area contributed by atoms with Gasteiger partial charge in [0.05, 0.1) is 30.8 Å². The van der Waals surface area contributed by atoms with E-state index < -0.39 is 23.4 Å². The van der Waals surface area contributed by atoms with Gasteiger partial charge in [-0.25, -0.2) is 0 Å². The molecule has 0 unspecified atom stereocenters. The third-order valence-corrected chi connectivity index (χ3v) is 10.3. The number of hydrogen-bond donors (Lipinski definition) is 0. The van der Waals surface area contributed by atoms with E-state index in [2.05, 4.69) is 23.1 Å². The zero-order valence-corrected chi connectivity index (χ0v) is 21.8. The van der Waals surface area contributed by atoms with Gasteiger partial charge in [0.2, 0.25) is 0 Å². The molecule has 0 amide bonds. The van der Waals surface area contributed by atoms with Crippen molar-refractivity contribution in [3.63, 3.8) is 0 Å². The van der Waals surface area contributed by atoms with Gasteiger partial charge in [0, 0.05) is 17.0 Å². The highest BCUT2D eigenvalue weighted by molar-refractivity contribution is 5.97. The van der Waals surface area contributed by atoms with Crippen molar-refractivity contribution >= 4 is 17.5 Å². The van der Waals surface area contributed by atoms with Gasteiger partial charge in [0.25, 0.3) is 0 Å². The van der Waals surface area contributed by atoms with Crippen molar-refractivity contribution in [2.75, 3.05) is 11.5 Å². The number of ether oxygens (including phenoxy) is 1. The Hall–Kier alpha value is -3.57. The van der Waals surface area contributed by atoms with Crippen LogP contribution in [0.25, 0.3) is 6.08 Å². The normalized spacial score (nSPS) is 35.2. The van der Waals surface area contributed by atoms with Crippen LogP contribution < -0.4 is 9.64 Å². The first-order valence-corrected chi connectivity index (χ1v) is 14.2. The molecule has 1 saturated heterocycles. The number of rotatable bonds is 5. The van der Waals surface area contributed by atoms with Crippen LogP contribution in [0.4, 0.5) is 5.69 Å². The summed E-state index contributed by atoms with van der Waals surface area (Å²) in [5.41, 5.74) is 1.11. The second-order valence-corrected chi connectivity index (χ2v) is 12.3. The number of hydrogen-bond acceptors (Lipinski definition) is 5. The minimum Gasteiger partial charge on any atom is -0.494 e. The van der Waals surface area contributed by atoms with Crippen LogP contribution in [-0.2, 0) is 4.79 Å². The SMILES string of the molecule is CCOc1ccc([C@H]2[C@H](C(=O)C34CC5CC(CC(C5)C3)C4)N3c4ccccc4C=C[C@@H]3C2(C#N)C#N)cc1. The molecule has 0 radical (unpaired) electrons. The molecule has 38 heavy (non-hydrogen) atoms. The summed E-state index contributed by atoms with van der Waals surface area (Å²) in [7, 11) is 0. The Labute approximate surface area is 224 Å². The van der Waals surface area contributed by atoms with E-state index in [4.69, 9.17) is 4.74 Å². The number of fused-ring (bicyclic) bond motifs is 3. The fourth-order valence-corrected chi connectivity index (χ4v) is 9.27. The lowest BCUT2D eigenvalue weighted by molar-refractivity contribution is -0.145. The number of ketones is 1. The number of anilines is 1. The van der Waals surface area contributed by atoms with Gasteiger partial charge in [-0.2, -0.15) is 10.5 Å². The first-order valence-electron chi connectivity index (χ1n) is 14.2. The molecule has 0 spiro atoms. The van der Waals surface area contributed by atoms with Gasteiger partial charge >= 0.3 is 0 Å². The number of Topliss-reactive ketones (excluding diaryl/α,β-unsaturated/α-hetero) is 1. The molecule has 8 rings (SSSR count). The van der Waals surface area contributed by atoms with Crippen LogP contribution in [0.5, 0.6) is 5.75 Å². The van der Waals surface area contributed by atoms with E-state index in [0.717, 1.165) is 41.8 Å². The van der Waals surface area contributed by atoms with Gasteiger partial charge in [-0.1, -0.05) is 42.5 Å². The van der Waals surface area contributed by atoms with Gasteiger partial charge in [-0.3, -0.25) is 4.79 Å². The number of nitriles is 2. The summed E-state index contributed by atoms with van der Waals surface area (Å²) in [6.45, 7) is 2.51. The molecule has 0 N–H and O–H groups in total. The van der Waals surface area contributed by atoms with Crippen LogP contribution in [0.15, 0.2) is 54.6 Å². The Kier molecular flexibility index (Phi) is 5.25. The number of carbonyl (C=O) groups excluding carboxylic acids is 1. The number of nitrogens with zero attached hydrogens (tertiary/aromatic N) is 3. The summed E-state index contributed by atoms with van der Waals surface area (Å²) >= 11 is 0. The summed E-state index contributed by atoms with van der Waals surface area (Å²) in [4.78, 5) is 17.3. The summed E-state index contributed by atoms with van der Waals surface area (Å²) in [5, 5.41) is 21.5. The molecule has 4 saturated carbocycles. The van der Waals surface area contributed by atoms with E-state index in [9.17, 15) is 10.5 Å². The Morgan fingerprint density at radius 3 is 2.21 bits per heavy atom. The molecular weight excluding hydrogens is 470 g/mol. The maximum atomic E-state index is 15.1. The van der Waals surface area contributed by atoms with E-state index >= 15 is 4.79 Å². The highest BCUT2D eigenvalue weighted by Gasteiger charge is 2.66. The van der Waals surface area contributed by atoms with E-state index in [1.807, 2.05) is 61.5 Å². The molecule has 6 aliphatic rings. The van der Waals surface area contributed by atoms with Crippen molar-refractivity contribution in [2.45, 2.75) is 63.5 Å². The van der Waals surface area contributed by atoms with Crippen molar-refractivity contribution in [2.24, 2.45) is 28.6 Å². The molecule has 5 fully saturated rings. The van der Waals surface area contributed by atoms with Gasteiger partial charge in [0.15, 0.2) is 11.2 Å². The van der Waals surface area contributed by atoms with Crippen molar-refractivity contribution in [1.29, 1.82) is 10.5 Å². The van der Waals surface area contributed by atoms with Crippen LogP contribution in [0.1, 0.15) is 62.5 Å².